The molecule has 1 saturated carbocycles. The predicted octanol–water partition coefficient (Wildman–Crippen LogP) is 0.883. The summed E-state index contributed by atoms with van der Waals surface area (Å²) in [6, 6.07) is 1.72. The number of aliphatic hydroxyl groups excluding tert-OH is 1. The lowest BCUT2D eigenvalue weighted by Gasteiger charge is -2.15. The summed E-state index contributed by atoms with van der Waals surface area (Å²) in [5, 5.41) is 18.0. The van der Waals surface area contributed by atoms with Gasteiger partial charge in [-0.15, -0.1) is 0 Å². The number of aromatic carboxylic acids is 1. The van der Waals surface area contributed by atoms with Gasteiger partial charge in [0.2, 0.25) is 10.0 Å². The first-order chi connectivity index (χ1) is 9.71. The highest BCUT2D eigenvalue weighted by molar-refractivity contribution is 7.89. The fraction of sp³-hybridized carbons (Fsp3) is 0.462. The summed E-state index contributed by atoms with van der Waals surface area (Å²) in [4.78, 5) is 10.5. The zero-order chi connectivity index (χ0) is 15.8. The van der Waals surface area contributed by atoms with Crippen LogP contribution < -0.4 is 4.72 Å². The number of carboxylic acid groups (broad SMARTS) is 1. The van der Waals surface area contributed by atoms with Crippen LogP contribution in [0.15, 0.2) is 17.0 Å². The van der Waals surface area contributed by atoms with E-state index in [1.54, 1.807) is 0 Å². The molecule has 6 nitrogen and oxygen atoms in total. The van der Waals surface area contributed by atoms with Crippen LogP contribution in [0.4, 0.5) is 4.39 Å². The Hall–Kier alpha value is -1.51. The molecule has 0 aromatic heterocycles. The Morgan fingerprint density at radius 3 is 2.52 bits per heavy atom. The van der Waals surface area contributed by atoms with Crippen molar-refractivity contribution in [1.82, 2.24) is 4.72 Å². The molecule has 1 fully saturated rings. The quantitative estimate of drug-likeness (QED) is 0.723. The molecular formula is C13H16FNO5S. The molecule has 0 spiro atoms. The lowest BCUT2D eigenvalue weighted by Crippen LogP contribution is -2.32. The van der Waals surface area contributed by atoms with Crippen molar-refractivity contribution in [2.45, 2.75) is 24.7 Å². The van der Waals surface area contributed by atoms with Gasteiger partial charge < -0.3 is 10.2 Å². The zero-order valence-electron chi connectivity index (χ0n) is 11.4. The Morgan fingerprint density at radius 2 is 2.05 bits per heavy atom. The summed E-state index contributed by atoms with van der Waals surface area (Å²) in [6.07, 6.45) is 1.43. The molecule has 21 heavy (non-hydrogen) atoms. The first-order valence-electron chi connectivity index (χ1n) is 6.35. The number of nitrogens with one attached hydrogen (secondary N) is 1. The van der Waals surface area contributed by atoms with Gasteiger partial charge in [0.1, 0.15) is 5.82 Å². The van der Waals surface area contributed by atoms with Crippen molar-refractivity contribution >= 4 is 16.0 Å². The third-order valence-electron chi connectivity index (χ3n) is 3.76. The second-order valence-electron chi connectivity index (χ2n) is 5.37. The Labute approximate surface area is 121 Å². The highest BCUT2D eigenvalue weighted by Crippen LogP contribution is 2.44. The van der Waals surface area contributed by atoms with Gasteiger partial charge in [0, 0.05) is 24.1 Å². The van der Waals surface area contributed by atoms with Crippen LogP contribution in [0.3, 0.4) is 0 Å². The number of sulfonamides is 1. The molecule has 0 unspecified atom stereocenters. The smallest absolute Gasteiger partial charge is 0.335 e. The summed E-state index contributed by atoms with van der Waals surface area (Å²) in [5.41, 5.74) is -1.01. The molecule has 2 rings (SSSR count). The number of hydrogen-bond acceptors (Lipinski definition) is 4. The third-order valence-corrected chi connectivity index (χ3v) is 5.29. The Bertz CT molecular complexity index is 682. The van der Waals surface area contributed by atoms with E-state index >= 15 is 0 Å². The minimum Gasteiger partial charge on any atom is -0.478 e. The zero-order valence-corrected chi connectivity index (χ0v) is 12.2. The molecule has 0 amide bonds. The standard InChI is InChI=1S/C13H16FNO5S/c1-8-10(14)4-9(12(17)18)5-11(8)21(19,20)15-6-13(7-16)2-3-13/h4-5,15-16H,2-3,6-7H2,1H3,(H,17,18). The minimum absolute atomic E-state index is 0.0458. The summed E-state index contributed by atoms with van der Waals surface area (Å²) in [7, 11) is -4.04. The largest absolute Gasteiger partial charge is 0.478 e. The summed E-state index contributed by atoms with van der Waals surface area (Å²) in [5.74, 6) is -2.29. The molecule has 0 radical (unpaired) electrons. The van der Waals surface area contributed by atoms with Crippen molar-refractivity contribution in [3.8, 4) is 0 Å². The predicted molar refractivity (Wildman–Crippen MR) is 72.0 cm³/mol. The van der Waals surface area contributed by atoms with Crippen molar-refractivity contribution in [3.63, 3.8) is 0 Å². The van der Waals surface area contributed by atoms with E-state index in [0.29, 0.717) is 12.8 Å². The number of benzene rings is 1. The van der Waals surface area contributed by atoms with E-state index < -0.39 is 37.7 Å². The molecule has 0 atom stereocenters. The van der Waals surface area contributed by atoms with Crippen LogP contribution in [0, 0.1) is 18.2 Å². The fourth-order valence-corrected chi connectivity index (χ4v) is 3.38. The number of aliphatic hydroxyl groups is 1. The normalized spacial score (nSPS) is 16.7. The van der Waals surface area contributed by atoms with E-state index in [2.05, 4.69) is 4.72 Å². The lowest BCUT2D eigenvalue weighted by molar-refractivity contribution is 0.0696. The molecule has 1 aliphatic carbocycles. The van der Waals surface area contributed by atoms with Gasteiger partial charge in [-0.1, -0.05) is 0 Å². The van der Waals surface area contributed by atoms with Gasteiger partial charge in [-0.25, -0.2) is 22.3 Å². The first-order valence-corrected chi connectivity index (χ1v) is 7.83. The van der Waals surface area contributed by atoms with E-state index in [1.165, 1.54) is 6.92 Å². The fourth-order valence-electron chi connectivity index (χ4n) is 1.95. The SMILES string of the molecule is Cc1c(F)cc(C(=O)O)cc1S(=O)(=O)NCC1(CO)CC1. The molecule has 0 saturated heterocycles. The van der Waals surface area contributed by atoms with Crippen LogP contribution in [-0.4, -0.2) is 37.8 Å². The highest BCUT2D eigenvalue weighted by atomic mass is 32.2. The second kappa shape index (κ2) is 5.36. The van der Waals surface area contributed by atoms with Gasteiger partial charge in [0.25, 0.3) is 0 Å². The minimum atomic E-state index is -4.04. The molecule has 0 heterocycles. The second-order valence-corrected chi connectivity index (χ2v) is 7.10. The molecule has 0 bridgehead atoms. The monoisotopic (exact) mass is 317 g/mol. The van der Waals surface area contributed by atoms with Crippen molar-refractivity contribution in [1.29, 1.82) is 0 Å². The maximum Gasteiger partial charge on any atom is 0.335 e. The number of rotatable bonds is 6. The Kier molecular flexibility index (Phi) is 4.05. The third kappa shape index (κ3) is 3.22. The van der Waals surface area contributed by atoms with E-state index in [-0.39, 0.29) is 18.7 Å². The maximum atomic E-state index is 13.7. The summed E-state index contributed by atoms with van der Waals surface area (Å²) >= 11 is 0. The number of carbonyl (C=O) groups is 1. The van der Waals surface area contributed by atoms with Crippen LogP contribution in [-0.2, 0) is 10.0 Å². The van der Waals surface area contributed by atoms with Gasteiger partial charge in [0.05, 0.1) is 10.5 Å². The van der Waals surface area contributed by atoms with Gasteiger partial charge in [0.15, 0.2) is 0 Å². The van der Waals surface area contributed by atoms with Crippen molar-refractivity contribution < 1.29 is 27.8 Å². The highest BCUT2D eigenvalue weighted by Gasteiger charge is 2.42. The van der Waals surface area contributed by atoms with E-state index in [9.17, 15) is 17.6 Å². The molecule has 1 aromatic carbocycles. The molecule has 1 aromatic rings. The Morgan fingerprint density at radius 1 is 1.43 bits per heavy atom. The number of carboxylic acids is 1. The molecule has 0 aliphatic heterocycles. The van der Waals surface area contributed by atoms with Gasteiger partial charge in [-0.3, -0.25) is 0 Å². The van der Waals surface area contributed by atoms with Gasteiger partial charge >= 0.3 is 5.97 Å². The Balaban J connectivity index is 2.33. The molecule has 116 valence electrons. The lowest BCUT2D eigenvalue weighted by atomic mass is 10.1. The number of halogens is 1. The van der Waals surface area contributed by atoms with Crippen LogP contribution in [0.1, 0.15) is 28.8 Å². The summed E-state index contributed by atoms with van der Waals surface area (Å²) < 4.78 is 40.4. The van der Waals surface area contributed by atoms with Crippen molar-refractivity contribution in [2.75, 3.05) is 13.2 Å². The summed E-state index contributed by atoms with van der Waals surface area (Å²) in [6.45, 7) is 1.19. The average Bonchev–Trinajstić information content (AvgIpc) is 3.20. The van der Waals surface area contributed by atoms with Crippen LogP contribution in [0.25, 0.3) is 0 Å². The van der Waals surface area contributed by atoms with Crippen LogP contribution in [0.2, 0.25) is 0 Å². The van der Waals surface area contributed by atoms with E-state index in [1.807, 2.05) is 0 Å². The van der Waals surface area contributed by atoms with Crippen molar-refractivity contribution in [2.24, 2.45) is 5.41 Å². The first kappa shape index (κ1) is 15.9. The van der Waals surface area contributed by atoms with Crippen LogP contribution >= 0.6 is 0 Å². The van der Waals surface area contributed by atoms with Crippen LogP contribution in [0.5, 0.6) is 0 Å². The molecule has 3 N–H and O–H groups in total. The average molecular weight is 317 g/mol. The molecule has 8 heteroatoms. The van der Waals surface area contributed by atoms with Gasteiger partial charge in [-0.05, 0) is 31.9 Å². The van der Waals surface area contributed by atoms with Crippen molar-refractivity contribution in [3.05, 3.63) is 29.1 Å². The molecular weight excluding hydrogens is 301 g/mol. The number of hydrogen-bond donors (Lipinski definition) is 3. The topological polar surface area (TPSA) is 104 Å². The van der Waals surface area contributed by atoms with E-state index in [0.717, 1.165) is 12.1 Å². The van der Waals surface area contributed by atoms with Gasteiger partial charge in [-0.2, -0.15) is 0 Å². The van der Waals surface area contributed by atoms with E-state index in [4.69, 9.17) is 10.2 Å². The molecule has 1 aliphatic rings. The maximum absolute atomic E-state index is 13.7.